The summed E-state index contributed by atoms with van der Waals surface area (Å²) in [6, 6.07) is 21.9. The van der Waals surface area contributed by atoms with E-state index in [1.54, 1.807) is 0 Å². The molecular formula is C21H20N2Se. The number of nitrogens with one attached hydrogen (secondary N) is 1. The standard InChI is InChI=1S/C21H20N2Se/c1-15-9-11-16(12-10-15)20-19(24-18-7-3-2-4-8-18)14-17-6-5-13-22-21(17)23-20/h2-4,7-12,14H,5-6,13H2,1H3,(H,22,23). The Morgan fingerprint density at radius 1 is 1.00 bits per heavy atom. The molecule has 0 amide bonds. The average Bonchev–Trinajstić information content (AvgIpc) is 2.63. The number of anilines is 1. The van der Waals surface area contributed by atoms with E-state index in [1.807, 2.05) is 0 Å². The molecule has 0 atom stereocenters. The number of aromatic nitrogens is 1. The number of fused-ring (bicyclic) bond motifs is 1. The number of hydrogen-bond acceptors (Lipinski definition) is 2. The molecule has 1 N–H and O–H groups in total. The summed E-state index contributed by atoms with van der Waals surface area (Å²) in [5, 5.41) is 3.47. The molecule has 0 unspecified atom stereocenters. The monoisotopic (exact) mass is 380 g/mol. The summed E-state index contributed by atoms with van der Waals surface area (Å²) in [6.07, 6.45) is 2.32. The SMILES string of the molecule is Cc1ccc(-c2nc3c(cc2[Se]c2ccccc2)CCCN3)cc1. The minimum absolute atomic E-state index is 0.265. The van der Waals surface area contributed by atoms with Gasteiger partial charge in [-0.25, -0.2) is 0 Å². The van der Waals surface area contributed by atoms with Gasteiger partial charge in [0.15, 0.2) is 0 Å². The summed E-state index contributed by atoms with van der Waals surface area (Å²) < 4.78 is 2.77. The van der Waals surface area contributed by atoms with Crippen molar-refractivity contribution in [1.29, 1.82) is 0 Å². The van der Waals surface area contributed by atoms with Crippen LogP contribution >= 0.6 is 0 Å². The third kappa shape index (κ3) is 3.24. The molecular weight excluding hydrogens is 359 g/mol. The molecule has 2 aromatic carbocycles. The molecule has 1 aliphatic rings. The van der Waals surface area contributed by atoms with Gasteiger partial charge in [0.25, 0.3) is 0 Å². The maximum absolute atomic E-state index is 5.01. The van der Waals surface area contributed by atoms with Gasteiger partial charge in [-0.05, 0) is 0 Å². The van der Waals surface area contributed by atoms with Crippen LogP contribution in [0, 0.1) is 6.92 Å². The summed E-state index contributed by atoms with van der Waals surface area (Å²) in [7, 11) is 0. The Morgan fingerprint density at radius 3 is 2.58 bits per heavy atom. The van der Waals surface area contributed by atoms with E-state index in [4.69, 9.17) is 4.98 Å². The van der Waals surface area contributed by atoms with E-state index in [0.29, 0.717) is 0 Å². The number of hydrogen-bond donors (Lipinski definition) is 1. The first-order valence-electron chi connectivity index (χ1n) is 8.37. The molecule has 2 heterocycles. The molecule has 1 aliphatic heterocycles. The van der Waals surface area contributed by atoms with Crippen LogP contribution in [0.25, 0.3) is 11.3 Å². The fraction of sp³-hybridized carbons (Fsp3) is 0.190. The Kier molecular flexibility index (Phi) is 4.37. The van der Waals surface area contributed by atoms with Gasteiger partial charge in [0, 0.05) is 0 Å². The molecule has 120 valence electrons. The molecule has 0 radical (unpaired) electrons. The molecule has 3 heteroatoms. The van der Waals surface area contributed by atoms with Gasteiger partial charge >= 0.3 is 149 Å². The zero-order chi connectivity index (χ0) is 16.4. The van der Waals surface area contributed by atoms with Crippen molar-refractivity contribution in [1.82, 2.24) is 4.98 Å². The molecule has 4 rings (SSSR count). The van der Waals surface area contributed by atoms with Crippen LogP contribution in [0.15, 0.2) is 60.7 Å². The van der Waals surface area contributed by atoms with Crippen molar-refractivity contribution in [3.05, 3.63) is 71.8 Å². The van der Waals surface area contributed by atoms with Gasteiger partial charge in [0.1, 0.15) is 0 Å². The van der Waals surface area contributed by atoms with E-state index < -0.39 is 0 Å². The second-order valence-electron chi connectivity index (χ2n) is 6.15. The van der Waals surface area contributed by atoms with Gasteiger partial charge in [0.05, 0.1) is 0 Å². The van der Waals surface area contributed by atoms with Crippen LogP contribution in [-0.2, 0) is 6.42 Å². The number of benzene rings is 2. The van der Waals surface area contributed by atoms with Crippen LogP contribution in [0.4, 0.5) is 5.82 Å². The fourth-order valence-corrected chi connectivity index (χ4v) is 5.09. The molecule has 0 saturated heterocycles. The first-order chi connectivity index (χ1) is 11.8. The first-order valence-corrected chi connectivity index (χ1v) is 10.1. The molecule has 2 nitrogen and oxygen atoms in total. The van der Waals surface area contributed by atoms with Crippen molar-refractivity contribution in [3.63, 3.8) is 0 Å². The van der Waals surface area contributed by atoms with Crippen LogP contribution in [0.1, 0.15) is 17.5 Å². The van der Waals surface area contributed by atoms with E-state index in [0.717, 1.165) is 24.5 Å². The van der Waals surface area contributed by atoms with Crippen molar-refractivity contribution in [3.8, 4) is 11.3 Å². The Morgan fingerprint density at radius 2 is 1.79 bits per heavy atom. The number of rotatable bonds is 3. The molecule has 0 fully saturated rings. The van der Waals surface area contributed by atoms with Crippen molar-refractivity contribution in [2.75, 3.05) is 11.9 Å². The third-order valence-corrected chi connectivity index (χ3v) is 6.46. The van der Waals surface area contributed by atoms with E-state index in [-0.39, 0.29) is 15.0 Å². The zero-order valence-electron chi connectivity index (χ0n) is 13.8. The normalized spacial score (nSPS) is 13.2. The second kappa shape index (κ2) is 6.80. The molecule has 0 bridgehead atoms. The molecule has 0 aliphatic carbocycles. The fourth-order valence-electron chi connectivity index (χ4n) is 2.97. The van der Waals surface area contributed by atoms with Gasteiger partial charge in [-0.2, -0.15) is 0 Å². The number of nitrogens with zero attached hydrogens (tertiary/aromatic N) is 1. The third-order valence-electron chi connectivity index (χ3n) is 4.28. The van der Waals surface area contributed by atoms with Crippen LogP contribution in [0.3, 0.4) is 0 Å². The van der Waals surface area contributed by atoms with Crippen LogP contribution in [0.2, 0.25) is 0 Å². The van der Waals surface area contributed by atoms with Crippen LogP contribution in [-0.4, -0.2) is 26.5 Å². The van der Waals surface area contributed by atoms with E-state index >= 15 is 0 Å². The Balaban J connectivity index is 1.81. The van der Waals surface area contributed by atoms with Gasteiger partial charge in [0.2, 0.25) is 0 Å². The van der Waals surface area contributed by atoms with Crippen LogP contribution < -0.4 is 14.2 Å². The van der Waals surface area contributed by atoms with Gasteiger partial charge in [-0.1, -0.05) is 0 Å². The summed E-state index contributed by atoms with van der Waals surface area (Å²) in [5.41, 5.74) is 4.99. The van der Waals surface area contributed by atoms with Gasteiger partial charge in [-0.3, -0.25) is 0 Å². The Hall–Kier alpha value is -2.09. The molecule has 1 aromatic heterocycles. The summed E-state index contributed by atoms with van der Waals surface area (Å²) in [4.78, 5) is 5.01. The predicted octanol–water partition coefficient (Wildman–Crippen LogP) is 3.07. The Labute approximate surface area is 149 Å². The number of aryl methyl sites for hydroxylation is 2. The summed E-state index contributed by atoms with van der Waals surface area (Å²) in [5.74, 6) is 1.07. The summed E-state index contributed by atoms with van der Waals surface area (Å²) >= 11 is 0.265. The van der Waals surface area contributed by atoms with Crippen molar-refractivity contribution >= 4 is 29.7 Å². The average molecular weight is 379 g/mol. The Bertz CT molecular complexity index is 842. The van der Waals surface area contributed by atoms with Crippen molar-refractivity contribution < 1.29 is 0 Å². The molecule has 3 aromatic rings. The quantitative estimate of drug-likeness (QED) is 0.708. The summed E-state index contributed by atoms with van der Waals surface area (Å²) in [6.45, 7) is 3.15. The minimum atomic E-state index is 0.265. The van der Waals surface area contributed by atoms with E-state index in [1.165, 1.54) is 32.0 Å². The zero-order valence-corrected chi connectivity index (χ0v) is 15.5. The topological polar surface area (TPSA) is 24.9 Å². The second-order valence-corrected chi connectivity index (χ2v) is 8.49. The molecule has 24 heavy (non-hydrogen) atoms. The molecule has 0 saturated carbocycles. The van der Waals surface area contributed by atoms with E-state index in [9.17, 15) is 0 Å². The van der Waals surface area contributed by atoms with Gasteiger partial charge in [-0.15, -0.1) is 0 Å². The molecule has 0 spiro atoms. The predicted molar refractivity (Wildman–Crippen MR) is 103 cm³/mol. The van der Waals surface area contributed by atoms with Gasteiger partial charge < -0.3 is 0 Å². The number of pyridine rings is 1. The maximum atomic E-state index is 5.01. The van der Waals surface area contributed by atoms with E-state index in [2.05, 4.69) is 72.9 Å². The van der Waals surface area contributed by atoms with Crippen LogP contribution in [0.5, 0.6) is 0 Å². The first kappa shape index (κ1) is 15.4. The van der Waals surface area contributed by atoms with Crippen molar-refractivity contribution in [2.45, 2.75) is 19.8 Å². The van der Waals surface area contributed by atoms with Crippen molar-refractivity contribution in [2.24, 2.45) is 0 Å².